The molecule has 3 aromatic rings. The quantitative estimate of drug-likeness (QED) is 0.334. The van der Waals surface area contributed by atoms with Crippen molar-refractivity contribution in [2.45, 2.75) is 44.9 Å². The summed E-state index contributed by atoms with van der Waals surface area (Å²) in [5.41, 5.74) is 1.86. The number of halogens is 5. The maximum atomic E-state index is 13.9. The summed E-state index contributed by atoms with van der Waals surface area (Å²) in [4.78, 5) is 18.4. The van der Waals surface area contributed by atoms with Gasteiger partial charge in [0, 0.05) is 67.3 Å². The minimum absolute atomic E-state index is 0. The largest absolute Gasteiger partial charge is 0.478 e. The minimum atomic E-state index is -4.84. The molecule has 1 atom stereocenters. The predicted octanol–water partition coefficient (Wildman–Crippen LogP) is 6.71. The Morgan fingerprint density at radius 2 is 1.71 bits per heavy atom. The van der Waals surface area contributed by atoms with Crippen LogP contribution in [-0.2, 0) is 6.18 Å². The van der Waals surface area contributed by atoms with Gasteiger partial charge in [0.25, 0.3) is 0 Å². The number of carbonyl (C=O) groups is 1. The van der Waals surface area contributed by atoms with Crippen molar-refractivity contribution in [1.29, 1.82) is 0 Å². The second-order valence-electron chi connectivity index (χ2n) is 10.7. The van der Waals surface area contributed by atoms with Crippen LogP contribution in [0.25, 0.3) is 11.1 Å². The predicted molar refractivity (Wildman–Crippen MR) is 158 cm³/mol. The summed E-state index contributed by atoms with van der Waals surface area (Å²) in [6.07, 6.45) is -2.97. The average molecular weight is 613 g/mol. The molecular formula is C29H34Cl2F3N5O2. The van der Waals surface area contributed by atoms with E-state index in [1.54, 1.807) is 0 Å². The van der Waals surface area contributed by atoms with Crippen LogP contribution in [0.1, 0.15) is 48.8 Å². The van der Waals surface area contributed by atoms with Crippen molar-refractivity contribution in [2.75, 3.05) is 49.1 Å². The molecule has 5 rings (SSSR count). The van der Waals surface area contributed by atoms with E-state index in [-0.39, 0.29) is 19.0 Å². The van der Waals surface area contributed by atoms with Crippen LogP contribution in [0.5, 0.6) is 0 Å². The van der Waals surface area contributed by atoms with Crippen molar-refractivity contribution < 1.29 is 23.1 Å². The van der Waals surface area contributed by atoms with Crippen molar-refractivity contribution >= 4 is 41.4 Å². The van der Waals surface area contributed by atoms with E-state index in [1.165, 1.54) is 0 Å². The molecule has 2 aromatic carbocycles. The number of alkyl halides is 3. The van der Waals surface area contributed by atoms with Gasteiger partial charge < -0.3 is 14.9 Å². The molecule has 1 N–H and O–H groups in total. The number of aromatic nitrogens is 2. The second kappa shape index (κ2) is 12.5. The molecular weight excluding hydrogens is 578 g/mol. The first kappa shape index (κ1) is 31.0. The van der Waals surface area contributed by atoms with Crippen LogP contribution in [0, 0.1) is 0 Å². The summed E-state index contributed by atoms with van der Waals surface area (Å²) < 4.78 is 42.5. The van der Waals surface area contributed by atoms with Crippen molar-refractivity contribution in [3.63, 3.8) is 0 Å². The zero-order chi connectivity index (χ0) is 28.6. The van der Waals surface area contributed by atoms with Crippen LogP contribution in [0.15, 0.2) is 48.7 Å². The van der Waals surface area contributed by atoms with E-state index in [2.05, 4.69) is 53.0 Å². The van der Waals surface area contributed by atoms with Gasteiger partial charge >= 0.3 is 12.1 Å². The van der Waals surface area contributed by atoms with Gasteiger partial charge in [-0.1, -0.05) is 29.8 Å². The van der Waals surface area contributed by atoms with Gasteiger partial charge in [0.1, 0.15) is 5.56 Å². The average Bonchev–Trinajstić information content (AvgIpc) is 3.40. The molecule has 7 nitrogen and oxygen atoms in total. The molecule has 2 fully saturated rings. The van der Waals surface area contributed by atoms with Gasteiger partial charge in [0.2, 0.25) is 0 Å². The number of rotatable bonds is 6. The smallest absolute Gasteiger partial charge is 0.433 e. The lowest BCUT2D eigenvalue weighted by Crippen LogP contribution is -2.48. The molecule has 2 saturated heterocycles. The third-order valence-electron chi connectivity index (χ3n) is 7.93. The molecule has 0 saturated carbocycles. The number of aromatic carboxylic acids is 1. The second-order valence-corrected chi connectivity index (χ2v) is 11.2. The number of carboxylic acids is 1. The molecule has 2 aliphatic heterocycles. The van der Waals surface area contributed by atoms with Gasteiger partial charge in [0.15, 0.2) is 5.69 Å². The Morgan fingerprint density at radius 3 is 2.32 bits per heavy atom. The zero-order valence-electron chi connectivity index (χ0n) is 22.9. The van der Waals surface area contributed by atoms with Crippen LogP contribution in [0.3, 0.4) is 0 Å². The SMILES string of the molecule is CC(C)N1CCN(c2ccc(-c3ccc(Cl)cc3N3CCCC(n4ncc(C(=O)O)c4C(F)(F)F)C3)cc2)CC1.Cl. The lowest BCUT2D eigenvalue weighted by Gasteiger charge is -2.38. The van der Waals surface area contributed by atoms with Crippen molar-refractivity contribution in [3.8, 4) is 11.1 Å². The number of hydrogen-bond donors (Lipinski definition) is 1. The maximum absolute atomic E-state index is 13.9. The topological polar surface area (TPSA) is 64.8 Å². The van der Waals surface area contributed by atoms with E-state index < -0.39 is 29.4 Å². The van der Waals surface area contributed by atoms with E-state index in [0.29, 0.717) is 30.5 Å². The highest BCUT2D eigenvalue weighted by molar-refractivity contribution is 6.31. The first-order valence-electron chi connectivity index (χ1n) is 13.5. The van der Waals surface area contributed by atoms with Crippen molar-refractivity contribution in [1.82, 2.24) is 14.7 Å². The summed E-state index contributed by atoms with van der Waals surface area (Å²) in [6.45, 7) is 9.30. The molecule has 222 valence electrons. The molecule has 0 radical (unpaired) electrons. The molecule has 3 heterocycles. The Kier molecular flexibility index (Phi) is 9.45. The monoisotopic (exact) mass is 611 g/mol. The number of carboxylic acid groups (broad SMARTS) is 1. The Labute approximate surface area is 248 Å². The number of piperidine rings is 1. The highest BCUT2D eigenvalue weighted by Crippen LogP contribution is 2.39. The maximum Gasteiger partial charge on any atom is 0.433 e. The summed E-state index contributed by atoms with van der Waals surface area (Å²) >= 11 is 6.39. The van der Waals surface area contributed by atoms with E-state index in [0.717, 1.165) is 59.6 Å². The van der Waals surface area contributed by atoms with E-state index in [4.69, 9.17) is 11.6 Å². The molecule has 0 spiro atoms. The Hall–Kier alpha value is -2.95. The first-order chi connectivity index (χ1) is 19.0. The standard InChI is InChI=1S/C29H33ClF3N5O2.ClH/c1-19(2)35-12-14-36(15-13-35)22-8-5-20(6-9-22)24-10-7-21(30)16-26(24)37-11-3-4-23(18-37)38-27(29(31,32)33)25(17-34-38)28(39)40;/h5-10,16-17,19,23H,3-4,11-15,18H2,1-2H3,(H,39,40);1H. The van der Waals surface area contributed by atoms with E-state index >= 15 is 0 Å². The van der Waals surface area contributed by atoms with Gasteiger partial charge in [0.05, 0.1) is 12.2 Å². The van der Waals surface area contributed by atoms with Crippen LogP contribution >= 0.6 is 24.0 Å². The zero-order valence-corrected chi connectivity index (χ0v) is 24.5. The fourth-order valence-electron chi connectivity index (χ4n) is 5.81. The number of anilines is 2. The first-order valence-corrected chi connectivity index (χ1v) is 13.9. The molecule has 1 aromatic heterocycles. The summed E-state index contributed by atoms with van der Waals surface area (Å²) in [5, 5.41) is 13.7. The summed E-state index contributed by atoms with van der Waals surface area (Å²) in [7, 11) is 0. The number of hydrogen-bond acceptors (Lipinski definition) is 5. The third-order valence-corrected chi connectivity index (χ3v) is 8.16. The van der Waals surface area contributed by atoms with Gasteiger partial charge in [-0.3, -0.25) is 9.58 Å². The van der Waals surface area contributed by atoms with Crippen LogP contribution in [0.2, 0.25) is 5.02 Å². The van der Waals surface area contributed by atoms with E-state index in [1.807, 2.05) is 23.1 Å². The Bertz CT molecular complexity index is 1360. The van der Waals surface area contributed by atoms with Crippen LogP contribution in [0.4, 0.5) is 24.5 Å². The van der Waals surface area contributed by atoms with Gasteiger partial charge in [-0.25, -0.2) is 4.79 Å². The minimum Gasteiger partial charge on any atom is -0.478 e. The van der Waals surface area contributed by atoms with Gasteiger partial charge in [-0.2, -0.15) is 18.3 Å². The molecule has 0 bridgehead atoms. The van der Waals surface area contributed by atoms with Gasteiger partial charge in [-0.15, -0.1) is 12.4 Å². The Morgan fingerprint density at radius 1 is 1.02 bits per heavy atom. The fourth-order valence-corrected chi connectivity index (χ4v) is 5.98. The molecule has 0 aliphatic carbocycles. The van der Waals surface area contributed by atoms with Gasteiger partial charge in [-0.05, 0) is 56.5 Å². The lowest BCUT2D eigenvalue weighted by molar-refractivity contribution is -0.145. The molecule has 1 unspecified atom stereocenters. The fraction of sp³-hybridized carbons (Fsp3) is 0.448. The number of benzene rings is 2. The molecule has 0 amide bonds. The van der Waals surface area contributed by atoms with E-state index in [9.17, 15) is 23.1 Å². The molecule has 2 aliphatic rings. The normalized spacial score (nSPS) is 18.5. The Balaban J connectivity index is 0.00000387. The summed E-state index contributed by atoms with van der Waals surface area (Å²) in [6, 6.07) is 13.9. The highest BCUT2D eigenvalue weighted by atomic mass is 35.5. The third kappa shape index (κ3) is 6.60. The highest BCUT2D eigenvalue weighted by Gasteiger charge is 2.42. The van der Waals surface area contributed by atoms with Crippen LogP contribution in [-0.4, -0.2) is 71.1 Å². The number of nitrogens with zero attached hydrogens (tertiary/aromatic N) is 5. The molecule has 12 heteroatoms. The lowest BCUT2D eigenvalue weighted by atomic mass is 9.99. The van der Waals surface area contributed by atoms with Crippen LogP contribution < -0.4 is 9.80 Å². The summed E-state index contributed by atoms with van der Waals surface area (Å²) in [5.74, 6) is -1.64. The van der Waals surface area contributed by atoms with Crippen molar-refractivity contribution in [2.24, 2.45) is 0 Å². The number of piperazine rings is 1. The van der Waals surface area contributed by atoms with Crippen molar-refractivity contribution in [3.05, 3.63) is 64.9 Å². The molecule has 41 heavy (non-hydrogen) atoms.